The lowest BCUT2D eigenvalue weighted by Gasteiger charge is -2.16. The van der Waals surface area contributed by atoms with Crippen LogP contribution in [0.3, 0.4) is 0 Å². The van der Waals surface area contributed by atoms with Crippen molar-refractivity contribution >= 4 is 21.7 Å². The fraction of sp³-hybridized carbons (Fsp3) is 0.300. The van der Waals surface area contributed by atoms with E-state index in [4.69, 9.17) is 0 Å². The van der Waals surface area contributed by atoms with Gasteiger partial charge in [-0.2, -0.15) is 26.3 Å². The molecular formula is C20H17F6NO5S. The average Bonchev–Trinajstić information content (AvgIpc) is 2.70. The summed E-state index contributed by atoms with van der Waals surface area (Å²) >= 11 is 0. The number of carbonyl (C=O) groups excluding carboxylic acids is 1. The number of nitrogens with one attached hydrogen (secondary N) is 1. The molecule has 1 atom stereocenters. The minimum absolute atomic E-state index is 0.0795. The molecular weight excluding hydrogens is 480 g/mol. The molecule has 0 fully saturated rings. The SMILES string of the molecule is O=C(Cc1cc(C(F)(F)F)cc(C(F)(F)F)c1)N[C@@H](CCS(=O)(=O)c1ccccc1)C(=O)O. The van der Waals surface area contributed by atoms with Crippen LogP contribution >= 0.6 is 0 Å². The predicted octanol–water partition coefficient (Wildman–Crippen LogP) is 3.70. The van der Waals surface area contributed by atoms with Crippen molar-refractivity contribution in [1.82, 2.24) is 5.32 Å². The Bertz CT molecular complexity index is 1080. The summed E-state index contributed by atoms with van der Waals surface area (Å²) in [4.78, 5) is 23.5. The average molecular weight is 497 g/mol. The van der Waals surface area contributed by atoms with Crippen molar-refractivity contribution in [1.29, 1.82) is 0 Å². The number of aliphatic carboxylic acids is 1. The van der Waals surface area contributed by atoms with E-state index in [1.807, 2.05) is 5.32 Å². The van der Waals surface area contributed by atoms with Crippen LogP contribution in [0.2, 0.25) is 0 Å². The van der Waals surface area contributed by atoms with Crippen molar-refractivity contribution < 1.29 is 49.5 Å². The maximum Gasteiger partial charge on any atom is 0.416 e. The lowest BCUT2D eigenvalue weighted by Crippen LogP contribution is -2.42. The first-order valence-electron chi connectivity index (χ1n) is 9.18. The zero-order valence-corrected chi connectivity index (χ0v) is 17.4. The summed E-state index contributed by atoms with van der Waals surface area (Å²) in [5.41, 5.74) is -3.89. The number of benzene rings is 2. The number of hydrogen-bond acceptors (Lipinski definition) is 4. The third kappa shape index (κ3) is 7.48. The number of carboxylic acid groups (broad SMARTS) is 1. The number of amides is 1. The zero-order valence-electron chi connectivity index (χ0n) is 16.6. The minimum atomic E-state index is -5.11. The number of rotatable bonds is 8. The van der Waals surface area contributed by atoms with Crippen molar-refractivity contribution in [2.75, 3.05) is 5.75 Å². The van der Waals surface area contributed by atoms with Gasteiger partial charge in [0, 0.05) is 0 Å². The molecule has 2 N–H and O–H groups in total. The molecule has 0 aliphatic heterocycles. The van der Waals surface area contributed by atoms with Gasteiger partial charge in [-0.15, -0.1) is 0 Å². The molecule has 0 saturated carbocycles. The molecule has 2 rings (SSSR count). The van der Waals surface area contributed by atoms with Gasteiger partial charge >= 0.3 is 18.3 Å². The molecule has 0 unspecified atom stereocenters. The molecule has 0 aromatic heterocycles. The van der Waals surface area contributed by atoms with Crippen LogP contribution in [0, 0.1) is 0 Å². The summed E-state index contributed by atoms with van der Waals surface area (Å²) in [6, 6.07) is 5.91. The summed E-state index contributed by atoms with van der Waals surface area (Å²) < 4.78 is 102. The van der Waals surface area contributed by atoms with Crippen LogP contribution in [-0.4, -0.2) is 37.2 Å². The third-order valence-electron chi connectivity index (χ3n) is 4.42. The highest BCUT2D eigenvalue weighted by Crippen LogP contribution is 2.36. The summed E-state index contributed by atoms with van der Waals surface area (Å²) in [6.07, 6.45) is -11.8. The van der Waals surface area contributed by atoms with Crippen LogP contribution in [0.15, 0.2) is 53.4 Å². The number of carbonyl (C=O) groups is 2. The van der Waals surface area contributed by atoms with E-state index in [-0.39, 0.29) is 11.0 Å². The summed E-state index contributed by atoms with van der Waals surface area (Å²) in [5.74, 6) is -3.48. The summed E-state index contributed by atoms with van der Waals surface area (Å²) in [5, 5.41) is 11.2. The Kier molecular flexibility index (Phi) is 7.78. The van der Waals surface area contributed by atoms with Crippen LogP contribution in [-0.2, 0) is 38.2 Å². The largest absolute Gasteiger partial charge is 0.480 e. The number of alkyl halides is 6. The van der Waals surface area contributed by atoms with Crippen LogP contribution < -0.4 is 5.32 Å². The van der Waals surface area contributed by atoms with Crippen molar-refractivity contribution in [3.8, 4) is 0 Å². The normalized spacial score (nSPS) is 13.4. The highest BCUT2D eigenvalue weighted by molar-refractivity contribution is 7.91. The first-order valence-corrected chi connectivity index (χ1v) is 10.8. The second-order valence-electron chi connectivity index (χ2n) is 6.97. The van der Waals surface area contributed by atoms with Crippen LogP contribution in [0.1, 0.15) is 23.1 Å². The highest BCUT2D eigenvalue weighted by atomic mass is 32.2. The molecule has 13 heteroatoms. The van der Waals surface area contributed by atoms with E-state index < -0.39 is 75.4 Å². The van der Waals surface area contributed by atoms with Gasteiger partial charge in [0.15, 0.2) is 9.84 Å². The van der Waals surface area contributed by atoms with Gasteiger partial charge in [0.1, 0.15) is 6.04 Å². The van der Waals surface area contributed by atoms with Gasteiger partial charge in [-0.05, 0) is 42.3 Å². The Morgan fingerprint density at radius 3 is 1.88 bits per heavy atom. The quantitative estimate of drug-likeness (QED) is 0.542. The van der Waals surface area contributed by atoms with E-state index >= 15 is 0 Å². The van der Waals surface area contributed by atoms with Crippen molar-refractivity contribution in [2.24, 2.45) is 0 Å². The molecule has 0 aliphatic rings. The Morgan fingerprint density at radius 2 is 1.42 bits per heavy atom. The topological polar surface area (TPSA) is 101 Å². The van der Waals surface area contributed by atoms with Gasteiger partial charge < -0.3 is 10.4 Å². The molecule has 0 heterocycles. The maximum atomic E-state index is 12.9. The van der Waals surface area contributed by atoms with Gasteiger partial charge in [-0.25, -0.2) is 13.2 Å². The van der Waals surface area contributed by atoms with Crippen LogP contribution in [0.4, 0.5) is 26.3 Å². The van der Waals surface area contributed by atoms with E-state index in [0.717, 1.165) is 0 Å². The molecule has 0 radical (unpaired) electrons. The lowest BCUT2D eigenvalue weighted by molar-refractivity contribution is -0.143. The molecule has 2 aromatic carbocycles. The Labute approximate surface area is 184 Å². The number of sulfone groups is 1. The highest BCUT2D eigenvalue weighted by Gasteiger charge is 2.37. The lowest BCUT2D eigenvalue weighted by atomic mass is 10.0. The first kappa shape index (κ1) is 26.2. The van der Waals surface area contributed by atoms with E-state index in [0.29, 0.717) is 12.1 Å². The van der Waals surface area contributed by atoms with Gasteiger partial charge in [-0.3, -0.25) is 4.79 Å². The predicted molar refractivity (Wildman–Crippen MR) is 103 cm³/mol. The molecule has 0 spiro atoms. The zero-order chi connectivity index (χ0) is 25.0. The second kappa shape index (κ2) is 9.81. The monoisotopic (exact) mass is 497 g/mol. The van der Waals surface area contributed by atoms with Crippen molar-refractivity contribution in [2.45, 2.75) is 36.1 Å². The fourth-order valence-electron chi connectivity index (χ4n) is 2.83. The summed E-state index contributed by atoms with van der Waals surface area (Å²) in [7, 11) is -3.89. The molecule has 6 nitrogen and oxygen atoms in total. The van der Waals surface area contributed by atoms with Gasteiger partial charge in [0.05, 0.1) is 28.2 Å². The molecule has 0 bridgehead atoms. The molecule has 1 amide bonds. The first-order chi connectivity index (χ1) is 15.1. The van der Waals surface area contributed by atoms with E-state index in [1.165, 1.54) is 24.3 Å². The van der Waals surface area contributed by atoms with Crippen molar-refractivity contribution in [3.63, 3.8) is 0 Å². The Morgan fingerprint density at radius 1 is 0.909 bits per heavy atom. The van der Waals surface area contributed by atoms with Crippen molar-refractivity contribution in [3.05, 3.63) is 65.2 Å². The molecule has 0 saturated heterocycles. The minimum Gasteiger partial charge on any atom is -0.480 e. The fourth-order valence-corrected chi connectivity index (χ4v) is 4.18. The van der Waals surface area contributed by atoms with E-state index in [2.05, 4.69) is 0 Å². The van der Waals surface area contributed by atoms with Gasteiger partial charge in [-0.1, -0.05) is 18.2 Å². The number of hydrogen-bond donors (Lipinski definition) is 2. The standard InChI is InChI=1S/C20H17F6NO5S/c21-19(22,23)13-8-12(9-14(11-13)20(24,25)26)10-17(28)27-16(18(29)30)6-7-33(31,32)15-4-2-1-3-5-15/h1-5,8-9,11,16H,6-7,10H2,(H,27,28)(H,29,30)/t16-/m0/s1. The molecule has 33 heavy (non-hydrogen) atoms. The van der Waals surface area contributed by atoms with Gasteiger partial charge in [0.25, 0.3) is 0 Å². The Hall–Kier alpha value is -3.09. The van der Waals surface area contributed by atoms with Crippen LogP contribution in [0.25, 0.3) is 0 Å². The third-order valence-corrected chi connectivity index (χ3v) is 6.19. The smallest absolute Gasteiger partial charge is 0.416 e. The molecule has 0 aliphatic carbocycles. The second-order valence-corrected chi connectivity index (χ2v) is 9.08. The Balaban J connectivity index is 2.16. The van der Waals surface area contributed by atoms with Crippen LogP contribution in [0.5, 0.6) is 0 Å². The maximum absolute atomic E-state index is 12.9. The van der Waals surface area contributed by atoms with E-state index in [1.54, 1.807) is 6.07 Å². The number of halogens is 6. The molecule has 180 valence electrons. The summed E-state index contributed by atoms with van der Waals surface area (Å²) in [6.45, 7) is 0. The van der Waals surface area contributed by atoms with Gasteiger partial charge in [0.2, 0.25) is 5.91 Å². The van der Waals surface area contributed by atoms with E-state index in [9.17, 15) is 49.5 Å². The number of carboxylic acids is 1. The molecule has 2 aromatic rings.